The van der Waals surface area contributed by atoms with Gasteiger partial charge in [-0.15, -0.1) is 0 Å². The van der Waals surface area contributed by atoms with Crippen LogP contribution < -0.4 is 21.6 Å². The first-order chi connectivity index (χ1) is 5.95. The van der Waals surface area contributed by atoms with Gasteiger partial charge >= 0.3 is 5.96 Å². The van der Waals surface area contributed by atoms with E-state index in [2.05, 4.69) is 4.99 Å². The van der Waals surface area contributed by atoms with E-state index >= 15 is 0 Å². The fourth-order valence-electron chi connectivity index (χ4n) is 0.765. The molecule has 0 amide bonds. The van der Waals surface area contributed by atoms with Crippen molar-refractivity contribution < 1.29 is 19.7 Å². The number of aliphatic carboxylic acids is 1. The van der Waals surface area contributed by atoms with Crippen molar-refractivity contribution in [3.05, 3.63) is 0 Å². The van der Waals surface area contributed by atoms with Crippen molar-refractivity contribution in [2.75, 3.05) is 6.54 Å². The quantitative estimate of drug-likeness (QED) is 0.228. The highest BCUT2D eigenvalue weighted by molar-refractivity contribution is 6.32. The number of rotatable bonds is 5. The SMILES string of the molecule is CC(CC[NH+]=C(N)N)C(=O)C(=O)[O-]. The van der Waals surface area contributed by atoms with Gasteiger partial charge in [0.25, 0.3) is 0 Å². The molecular formula is C7H13N3O3. The van der Waals surface area contributed by atoms with Gasteiger partial charge in [-0.25, -0.2) is 0 Å². The number of hydrogen-bond donors (Lipinski definition) is 3. The Kier molecular flexibility index (Phi) is 4.50. The predicted molar refractivity (Wildman–Crippen MR) is 43.0 cm³/mol. The second kappa shape index (κ2) is 5.13. The van der Waals surface area contributed by atoms with Crippen LogP contribution in [0.25, 0.3) is 0 Å². The van der Waals surface area contributed by atoms with Gasteiger partial charge in [0.1, 0.15) is 5.97 Å². The molecule has 1 atom stereocenters. The van der Waals surface area contributed by atoms with Gasteiger partial charge in [0.15, 0.2) is 5.78 Å². The van der Waals surface area contributed by atoms with E-state index in [9.17, 15) is 14.7 Å². The molecule has 0 saturated heterocycles. The number of carbonyl (C=O) groups excluding carboxylic acids is 2. The van der Waals surface area contributed by atoms with E-state index < -0.39 is 17.7 Å². The van der Waals surface area contributed by atoms with E-state index in [1.165, 1.54) is 6.92 Å². The lowest BCUT2D eigenvalue weighted by Gasteiger charge is -2.07. The molecule has 0 spiro atoms. The highest BCUT2D eigenvalue weighted by atomic mass is 16.4. The Morgan fingerprint density at radius 1 is 1.46 bits per heavy atom. The van der Waals surface area contributed by atoms with Crippen molar-refractivity contribution in [3.63, 3.8) is 0 Å². The van der Waals surface area contributed by atoms with Gasteiger partial charge in [-0.1, -0.05) is 6.92 Å². The van der Waals surface area contributed by atoms with Crippen LogP contribution >= 0.6 is 0 Å². The Labute approximate surface area is 75.6 Å². The zero-order valence-corrected chi connectivity index (χ0v) is 7.37. The minimum atomic E-state index is -1.66. The molecule has 0 aliphatic rings. The minimum absolute atomic E-state index is 0.0492. The third kappa shape index (κ3) is 4.78. The van der Waals surface area contributed by atoms with E-state index in [4.69, 9.17) is 11.5 Å². The Morgan fingerprint density at radius 3 is 2.38 bits per heavy atom. The molecule has 74 valence electrons. The average molecular weight is 187 g/mol. The van der Waals surface area contributed by atoms with Crippen LogP contribution in [-0.2, 0) is 9.59 Å². The Bertz CT molecular complexity index is 233. The molecule has 13 heavy (non-hydrogen) atoms. The zero-order chi connectivity index (χ0) is 10.4. The third-order valence-corrected chi connectivity index (χ3v) is 1.56. The average Bonchev–Trinajstić information content (AvgIpc) is 2.02. The molecule has 0 fully saturated rings. The molecule has 0 radical (unpaired) electrons. The highest BCUT2D eigenvalue weighted by Gasteiger charge is 2.13. The van der Waals surface area contributed by atoms with Crippen LogP contribution in [0.1, 0.15) is 13.3 Å². The topological polar surface area (TPSA) is 123 Å². The van der Waals surface area contributed by atoms with Gasteiger partial charge in [0.05, 0.1) is 6.54 Å². The molecule has 6 heteroatoms. The summed E-state index contributed by atoms with van der Waals surface area (Å²) in [5, 5.41) is 10.1. The maximum Gasteiger partial charge on any atom is 0.338 e. The molecule has 0 aromatic heterocycles. The second-order valence-corrected chi connectivity index (χ2v) is 2.72. The number of Topliss-reactive ketones (excluding diaryl/α,β-unsaturated/α-hetero) is 1. The number of nitrogens with two attached hydrogens (primary N) is 2. The van der Waals surface area contributed by atoms with E-state index in [0.29, 0.717) is 13.0 Å². The molecule has 1 unspecified atom stereocenters. The maximum atomic E-state index is 10.8. The first-order valence-corrected chi connectivity index (χ1v) is 3.82. The van der Waals surface area contributed by atoms with E-state index in [0.717, 1.165) is 0 Å². The lowest BCUT2D eigenvalue weighted by molar-refractivity contribution is -0.460. The Hall–Kier alpha value is -1.59. The molecule has 0 aromatic carbocycles. The van der Waals surface area contributed by atoms with Crippen molar-refractivity contribution >= 4 is 17.7 Å². The smallest absolute Gasteiger partial charge is 0.338 e. The summed E-state index contributed by atoms with van der Waals surface area (Å²) in [7, 11) is 0. The van der Waals surface area contributed by atoms with Gasteiger partial charge in [-0.2, -0.15) is 0 Å². The van der Waals surface area contributed by atoms with Crippen LogP contribution in [-0.4, -0.2) is 24.3 Å². The summed E-state index contributed by atoms with van der Waals surface area (Å²) in [5.74, 6) is -3.10. The van der Waals surface area contributed by atoms with Crippen LogP contribution in [0.5, 0.6) is 0 Å². The predicted octanol–water partition coefficient (Wildman–Crippen LogP) is -4.31. The van der Waals surface area contributed by atoms with Crippen LogP contribution in [0.4, 0.5) is 0 Å². The van der Waals surface area contributed by atoms with Crippen molar-refractivity contribution in [1.29, 1.82) is 0 Å². The number of carboxylic acids is 1. The minimum Gasteiger partial charge on any atom is -0.542 e. The number of carbonyl (C=O) groups is 2. The summed E-state index contributed by atoms with van der Waals surface area (Å²) in [5.41, 5.74) is 10.2. The van der Waals surface area contributed by atoms with Crippen molar-refractivity contribution in [3.8, 4) is 0 Å². The standard InChI is InChI=1S/C7H13N3O3/c1-4(5(11)6(12)13)2-3-10-7(8)9/h4H,2-3H2,1H3,(H,12,13)(H4,8,9,10). The summed E-state index contributed by atoms with van der Waals surface area (Å²) in [6.45, 7) is 1.87. The van der Waals surface area contributed by atoms with Crippen LogP contribution in [0.3, 0.4) is 0 Å². The van der Waals surface area contributed by atoms with E-state index in [-0.39, 0.29) is 5.96 Å². The summed E-state index contributed by atoms with van der Waals surface area (Å²) in [6.07, 6.45) is 0.352. The summed E-state index contributed by atoms with van der Waals surface area (Å²) in [6, 6.07) is 0. The molecule has 0 bridgehead atoms. The molecule has 5 N–H and O–H groups in total. The molecule has 0 aromatic rings. The largest absolute Gasteiger partial charge is 0.542 e. The molecule has 0 rings (SSSR count). The van der Waals surface area contributed by atoms with Crippen molar-refractivity contribution in [1.82, 2.24) is 0 Å². The fraction of sp³-hybridized carbons (Fsp3) is 0.571. The lowest BCUT2D eigenvalue weighted by Crippen LogP contribution is -2.78. The fourth-order valence-corrected chi connectivity index (χ4v) is 0.765. The molecular weight excluding hydrogens is 174 g/mol. The monoisotopic (exact) mass is 187 g/mol. The molecule has 0 aliphatic carbocycles. The van der Waals surface area contributed by atoms with Crippen LogP contribution in [0.2, 0.25) is 0 Å². The van der Waals surface area contributed by atoms with Crippen LogP contribution in [0.15, 0.2) is 0 Å². The van der Waals surface area contributed by atoms with Gasteiger partial charge in [-0.05, 0) is 6.42 Å². The Morgan fingerprint density at radius 2 is 2.00 bits per heavy atom. The van der Waals surface area contributed by atoms with E-state index in [1.54, 1.807) is 0 Å². The summed E-state index contributed by atoms with van der Waals surface area (Å²) < 4.78 is 0. The molecule has 6 nitrogen and oxygen atoms in total. The van der Waals surface area contributed by atoms with Crippen LogP contribution in [0, 0.1) is 5.92 Å². The molecule has 0 saturated carbocycles. The highest BCUT2D eigenvalue weighted by Crippen LogP contribution is 1.99. The van der Waals surface area contributed by atoms with Gasteiger partial charge in [-0.3, -0.25) is 21.3 Å². The third-order valence-electron chi connectivity index (χ3n) is 1.56. The van der Waals surface area contributed by atoms with Crippen molar-refractivity contribution in [2.24, 2.45) is 17.4 Å². The van der Waals surface area contributed by atoms with E-state index in [1.807, 2.05) is 0 Å². The zero-order valence-electron chi connectivity index (χ0n) is 7.37. The van der Waals surface area contributed by atoms with Gasteiger partial charge < -0.3 is 9.90 Å². The van der Waals surface area contributed by atoms with Gasteiger partial charge in [0, 0.05) is 5.92 Å². The first-order valence-electron chi connectivity index (χ1n) is 3.82. The second-order valence-electron chi connectivity index (χ2n) is 2.72. The number of ketones is 1. The van der Waals surface area contributed by atoms with Crippen molar-refractivity contribution in [2.45, 2.75) is 13.3 Å². The Balaban J connectivity index is 3.88. The first kappa shape index (κ1) is 11.4. The van der Waals surface area contributed by atoms with Gasteiger partial charge in [0.2, 0.25) is 0 Å². The number of carboxylic acid groups (broad SMARTS) is 1. The maximum absolute atomic E-state index is 10.8. The summed E-state index contributed by atoms with van der Waals surface area (Å²) in [4.78, 5) is 23.4. The number of hydrogen-bond acceptors (Lipinski definition) is 3. The normalized spacial score (nSPS) is 11.8. The lowest BCUT2D eigenvalue weighted by atomic mass is 10.0. The number of nitrogens with one attached hydrogen (secondary N) is 1. The summed E-state index contributed by atoms with van der Waals surface area (Å²) >= 11 is 0. The molecule has 0 aliphatic heterocycles. The number of guanidine groups is 1. The molecule has 0 heterocycles.